The van der Waals surface area contributed by atoms with Gasteiger partial charge in [0.25, 0.3) is 5.95 Å². The molecule has 0 amide bonds. The molecule has 0 unspecified atom stereocenters. The molecule has 3 rings (SSSR count). The quantitative estimate of drug-likeness (QED) is 0.685. The van der Waals surface area contributed by atoms with E-state index in [1.807, 2.05) is 13.1 Å². The molecular weight excluding hydrogens is 232 g/mol. The van der Waals surface area contributed by atoms with Gasteiger partial charge in [-0.25, -0.2) is 9.67 Å². The number of hydrogen-bond donors (Lipinski definition) is 1. The number of rotatable bonds is 2. The predicted molar refractivity (Wildman–Crippen MR) is 63.2 cm³/mol. The van der Waals surface area contributed by atoms with E-state index in [0.29, 0.717) is 11.9 Å². The van der Waals surface area contributed by atoms with Gasteiger partial charge in [0, 0.05) is 18.6 Å². The summed E-state index contributed by atoms with van der Waals surface area (Å²) in [5, 5.41) is 4.13. The van der Waals surface area contributed by atoms with Gasteiger partial charge >= 0.3 is 0 Å². The molecule has 0 spiro atoms. The maximum absolute atomic E-state index is 5.67. The second-order valence-corrected chi connectivity index (χ2v) is 3.73. The summed E-state index contributed by atoms with van der Waals surface area (Å²) in [4.78, 5) is 16.3. The second-order valence-electron chi connectivity index (χ2n) is 3.73. The Morgan fingerprint density at radius 3 is 2.67 bits per heavy atom. The van der Waals surface area contributed by atoms with Crippen molar-refractivity contribution < 1.29 is 0 Å². The smallest absolute Gasteiger partial charge is 0.257 e. The number of anilines is 1. The zero-order chi connectivity index (χ0) is 12.5. The second kappa shape index (κ2) is 3.91. The minimum Gasteiger partial charge on any atom is -0.368 e. The van der Waals surface area contributed by atoms with Crippen molar-refractivity contribution >= 4 is 5.95 Å². The van der Waals surface area contributed by atoms with Crippen molar-refractivity contribution in [2.75, 3.05) is 5.73 Å². The molecule has 3 heterocycles. The first kappa shape index (κ1) is 10.4. The number of hydrogen-bond acceptors (Lipinski definition) is 6. The number of aryl methyl sites for hydroxylation is 1. The van der Waals surface area contributed by atoms with E-state index in [4.69, 9.17) is 5.73 Å². The van der Waals surface area contributed by atoms with Gasteiger partial charge in [0.15, 0.2) is 0 Å². The zero-order valence-electron chi connectivity index (χ0n) is 9.59. The van der Waals surface area contributed by atoms with Gasteiger partial charge in [0.05, 0.1) is 6.20 Å². The number of nitrogens with zero attached hydrogens (tertiary/aromatic N) is 7. The molecule has 0 aliphatic rings. The summed E-state index contributed by atoms with van der Waals surface area (Å²) in [5.41, 5.74) is 6.68. The van der Waals surface area contributed by atoms with Crippen LogP contribution < -0.4 is 5.73 Å². The molecule has 0 fully saturated rings. The summed E-state index contributed by atoms with van der Waals surface area (Å²) >= 11 is 0. The largest absolute Gasteiger partial charge is 0.368 e. The maximum Gasteiger partial charge on any atom is 0.257 e. The van der Waals surface area contributed by atoms with Crippen LogP contribution >= 0.6 is 0 Å². The summed E-state index contributed by atoms with van der Waals surface area (Å²) < 4.78 is 3.20. The van der Waals surface area contributed by atoms with Gasteiger partial charge < -0.3 is 5.73 Å². The van der Waals surface area contributed by atoms with E-state index in [0.717, 1.165) is 5.56 Å². The average Bonchev–Trinajstić information content (AvgIpc) is 2.98. The van der Waals surface area contributed by atoms with Crippen molar-refractivity contribution in [3.05, 3.63) is 36.7 Å². The molecule has 0 aromatic carbocycles. The molecule has 2 N–H and O–H groups in total. The van der Waals surface area contributed by atoms with Crippen LogP contribution in [-0.2, 0) is 0 Å². The molecule has 0 saturated heterocycles. The Labute approximate surface area is 102 Å². The Balaban J connectivity index is 2.11. The maximum atomic E-state index is 5.67. The molecule has 90 valence electrons. The number of nitrogen functional groups attached to an aromatic ring is 1. The van der Waals surface area contributed by atoms with Crippen LogP contribution in [-0.4, -0.2) is 34.3 Å². The van der Waals surface area contributed by atoms with Gasteiger partial charge in [-0.1, -0.05) is 0 Å². The number of aromatic nitrogens is 7. The summed E-state index contributed by atoms with van der Waals surface area (Å²) in [5.74, 6) is 0.916. The minimum absolute atomic E-state index is 0.136. The van der Waals surface area contributed by atoms with E-state index in [1.54, 1.807) is 34.2 Å². The van der Waals surface area contributed by atoms with Gasteiger partial charge in [-0.2, -0.15) is 20.1 Å². The van der Waals surface area contributed by atoms with Gasteiger partial charge in [-0.15, -0.1) is 0 Å². The van der Waals surface area contributed by atoms with Crippen LogP contribution in [0.1, 0.15) is 5.56 Å². The fraction of sp³-hybridized carbons (Fsp3) is 0.100. The lowest BCUT2D eigenvalue weighted by atomic mass is 10.4. The fourth-order valence-electron chi connectivity index (χ4n) is 1.49. The summed E-state index contributed by atoms with van der Waals surface area (Å²) in [7, 11) is 0. The molecule has 8 nitrogen and oxygen atoms in total. The summed E-state index contributed by atoms with van der Waals surface area (Å²) in [6, 6.07) is 0. The van der Waals surface area contributed by atoms with Gasteiger partial charge in [0.1, 0.15) is 6.33 Å². The summed E-state index contributed by atoms with van der Waals surface area (Å²) in [6.45, 7) is 1.94. The molecular formula is C10H10N8. The van der Waals surface area contributed by atoms with Gasteiger partial charge in [-0.3, -0.25) is 4.57 Å². The molecule has 0 bridgehead atoms. The molecule has 0 aliphatic carbocycles. The first-order chi connectivity index (χ1) is 8.72. The Morgan fingerprint density at radius 2 is 2.00 bits per heavy atom. The minimum atomic E-state index is 0.136. The van der Waals surface area contributed by atoms with Crippen molar-refractivity contribution in [2.45, 2.75) is 6.92 Å². The van der Waals surface area contributed by atoms with Crippen LogP contribution in [0.5, 0.6) is 0 Å². The molecule has 18 heavy (non-hydrogen) atoms. The lowest BCUT2D eigenvalue weighted by molar-refractivity contribution is 0.778. The third-order valence-electron chi connectivity index (χ3n) is 2.28. The monoisotopic (exact) mass is 242 g/mol. The fourth-order valence-corrected chi connectivity index (χ4v) is 1.49. The van der Waals surface area contributed by atoms with Crippen LogP contribution in [0.15, 0.2) is 31.1 Å². The van der Waals surface area contributed by atoms with E-state index >= 15 is 0 Å². The molecule has 0 radical (unpaired) electrons. The van der Waals surface area contributed by atoms with E-state index in [1.165, 1.54) is 0 Å². The van der Waals surface area contributed by atoms with Crippen molar-refractivity contribution in [3.63, 3.8) is 0 Å². The van der Waals surface area contributed by atoms with Crippen molar-refractivity contribution in [1.29, 1.82) is 0 Å². The van der Waals surface area contributed by atoms with Crippen LogP contribution in [0.2, 0.25) is 0 Å². The van der Waals surface area contributed by atoms with E-state index in [9.17, 15) is 0 Å². The van der Waals surface area contributed by atoms with Gasteiger partial charge in [0.2, 0.25) is 11.9 Å². The highest BCUT2D eigenvalue weighted by Crippen LogP contribution is 2.07. The topological polar surface area (TPSA) is 100 Å². The molecule has 3 aromatic heterocycles. The van der Waals surface area contributed by atoms with Crippen molar-refractivity contribution in [1.82, 2.24) is 34.3 Å². The summed E-state index contributed by atoms with van der Waals surface area (Å²) in [6.07, 6.45) is 8.49. The highest BCUT2D eigenvalue weighted by Gasteiger charge is 2.08. The average molecular weight is 242 g/mol. The van der Waals surface area contributed by atoms with Crippen LogP contribution in [0.25, 0.3) is 11.9 Å². The lowest BCUT2D eigenvalue weighted by Crippen LogP contribution is -2.10. The van der Waals surface area contributed by atoms with Crippen LogP contribution in [0.4, 0.5) is 5.95 Å². The number of imidazole rings is 1. The van der Waals surface area contributed by atoms with Gasteiger partial charge in [-0.05, 0) is 12.5 Å². The van der Waals surface area contributed by atoms with E-state index in [-0.39, 0.29) is 5.95 Å². The highest BCUT2D eigenvalue weighted by molar-refractivity contribution is 5.28. The first-order valence-electron chi connectivity index (χ1n) is 5.24. The molecule has 8 heteroatoms. The SMILES string of the molecule is Cc1cnn(-c2nc(N)nc(-n3ccnc3)n2)c1. The van der Waals surface area contributed by atoms with Crippen molar-refractivity contribution in [3.8, 4) is 11.9 Å². The van der Waals surface area contributed by atoms with Crippen LogP contribution in [0, 0.1) is 6.92 Å². The van der Waals surface area contributed by atoms with Crippen molar-refractivity contribution in [2.24, 2.45) is 0 Å². The third-order valence-corrected chi connectivity index (χ3v) is 2.28. The predicted octanol–water partition coefficient (Wildman–Crippen LogP) is 0.134. The molecule has 0 atom stereocenters. The van der Waals surface area contributed by atoms with E-state index in [2.05, 4.69) is 25.0 Å². The Hall–Kier alpha value is -2.77. The van der Waals surface area contributed by atoms with E-state index < -0.39 is 0 Å². The Bertz CT molecular complexity index is 669. The third kappa shape index (κ3) is 1.79. The lowest BCUT2D eigenvalue weighted by Gasteiger charge is -2.04. The highest BCUT2D eigenvalue weighted by atomic mass is 15.4. The molecule has 0 saturated carbocycles. The standard InChI is InChI=1S/C10H10N8/c1-7-4-13-18(5-7)10-15-8(11)14-9(16-10)17-3-2-12-6-17/h2-6H,1H3,(H2,11,14,15,16). The Kier molecular flexibility index (Phi) is 2.26. The normalized spacial score (nSPS) is 10.7. The van der Waals surface area contributed by atoms with Crippen LogP contribution in [0.3, 0.4) is 0 Å². The Morgan fingerprint density at radius 1 is 1.17 bits per heavy atom. The first-order valence-corrected chi connectivity index (χ1v) is 5.24. The zero-order valence-corrected chi connectivity index (χ0v) is 9.59. The number of nitrogens with two attached hydrogens (primary N) is 1. The molecule has 3 aromatic rings. The molecule has 0 aliphatic heterocycles.